The Balaban J connectivity index is 1.66. The second kappa shape index (κ2) is 6.21. The third kappa shape index (κ3) is 3.10. The maximum Gasteiger partial charge on any atom is 0.226 e. The first-order valence-corrected chi connectivity index (χ1v) is 7.01. The highest BCUT2D eigenvalue weighted by molar-refractivity contribution is 5.83. The minimum Gasteiger partial charge on any atom is -0.368 e. The molecule has 0 fully saturated rings. The lowest BCUT2D eigenvalue weighted by atomic mass is 10.4. The molecule has 3 heterocycles. The normalized spacial score (nSPS) is 10.9. The van der Waals surface area contributed by atoms with Crippen LogP contribution in [0.2, 0.25) is 0 Å². The summed E-state index contributed by atoms with van der Waals surface area (Å²) in [5.41, 5.74) is 1.50. The average Bonchev–Trinajstić information content (AvgIpc) is 3.14. The number of H-pyrrole nitrogens is 1. The van der Waals surface area contributed by atoms with Gasteiger partial charge in [-0.2, -0.15) is 9.97 Å². The van der Waals surface area contributed by atoms with Crippen molar-refractivity contribution >= 4 is 22.9 Å². The monoisotopic (exact) mass is 286 g/mol. The van der Waals surface area contributed by atoms with Crippen molar-refractivity contribution in [3.8, 4) is 0 Å². The van der Waals surface area contributed by atoms with E-state index < -0.39 is 0 Å². The quantitative estimate of drug-likeness (QED) is 0.569. The van der Waals surface area contributed by atoms with Crippen LogP contribution in [0.3, 0.4) is 0 Å². The summed E-state index contributed by atoms with van der Waals surface area (Å²) in [4.78, 5) is 20.1. The third-order valence-corrected chi connectivity index (χ3v) is 3.07. The van der Waals surface area contributed by atoms with Gasteiger partial charge in [-0.15, -0.1) is 0 Å². The zero-order valence-electron chi connectivity index (χ0n) is 11.9. The number of nitrogens with zero attached hydrogens (tertiary/aromatic N) is 5. The van der Waals surface area contributed by atoms with Crippen molar-refractivity contribution in [1.29, 1.82) is 0 Å². The predicted molar refractivity (Wildman–Crippen MR) is 81.2 cm³/mol. The molecule has 21 heavy (non-hydrogen) atoms. The van der Waals surface area contributed by atoms with Gasteiger partial charge in [0.05, 0.1) is 12.7 Å². The first kappa shape index (κ1) is 13.3. The van der Waals surface area contributed by atoms with Crippen LogP contribution in [0.4, 0.5) is 11.8 Å². The molecule has 0 aliphatic rings. The van der Waals surface area contributed by atoms with Crippen molar-refractivity contribution in [2.45, 2.75) is 19.9 Å². The van der Waals surface area contributed by atoms with E-state index in [2.05, 4.69) is 40.1 Å². The van der Waals surface area contributed by atoms with Gasteiger partial charge in [-0.25, -0.2) is 9.97 Å². The molecular weight excluding hydrogens is 268 g/mol. The molecule has 0 aromatic carbocycles. The number of rotatable bonds is 7. The summed E-state index contributed by atoms with van der Waals surface area (Å²) in [6.45, 7) is 4.52. The van der Waals surface area contributed by atoms with Crippen molar-refractivity contribution < 1.29 is 0 Å². The molecule has 0 aliphatic carbocycles. The summed E-state index contributed by atoms with van der Waals surface area (Å²) in [6, 6.07) is 0. The minimum atomic E-state index is 0.592. The van der Waals surface area contributed by atoms with Crippen molar-refractivity contribution in [3.05, 3.63) is 25.0 Å². The van der Waals surface area contributed by atoms with Crippen LogP contribution in [0.5, 0.6) is 0 Å². The van der Waals surface area contributed by atoms with E-state index in [1.807, 2.05) is 19.4 Å². The third-order valence-electron chi connectivity index (χ3n) is 3.07. The summed E-state index contributed by atoms with van der Waals surface area (Å²) < 4.78 is 2.05. The molecule has 0 unspecified atom stereocenters. The smallest absolute Gasteiger partial charge is 0.226 e. The van der Waals surface area contributed by atoms with Gasteiger partial charge in [0.2, 0.25) is 5.95 Å². The van der Waals surface area contributed by atoms with Gasteiger partial charge in [0.1, 0.15) is 5.52 Å². The van der Waals surface area contributed by atoms with Crippen LogP contribution in [0.25, 0.3) is 11.2 Å². The Morgan fingerprint density at radius 3 is 3.05 bits per heavy atom. The molecule has 3 aromatic rings. The number of anilines is 2. The van der Waals surface area contributed by atoms with Gasteiger partial charge in [-0.3, -0.25) is 0 Å². The molecule has 0 saturated heterocycles. The van der Waals surface area contributed by atoms with Crippen LogP contribution < -0.4 is 10.6 Å². The molecule has 3 aromatic heterocycles. The Kier molecular flexibility index (Phi) is 3.95. The maximum absolute atomic E-state index is 4.47. The number of nitrogens with one attached hydrogen (secondary N) is 3. The summed E-state index contributed by atoms with van der Waals surface area (Å²) in [5.74, 6) is 1.37. The first-order chi connectivity index (χ1) is 10.4. The predicted octanol–water partition coefficient (Wildman–Crippen LogP) is 1.48. The highest BCUT2D eigenvalue weighted by Gasteiger charge is 2.08. The number of aromatic amines is 1. The van der Waals surface area contributed by atoms with E-state index in [0.717, 1.165) is 37.4 Å². The van der Waals surface area contributed by atoms with Crippen LogP contribution in [0.15, 0.2) is 25.0 Å². The summed E-state index contributed by atoms with van der Waals surface area (Å²) in [6.07, 6.45) is 8.18. The molecule has 0 aliphatic heterocycles. The second-order valence-corrected chi connectivity index (χ2v) is 4.61. The molecular formula is C13H18N8. The fourth-order valence-electron chi connectivity index (χ4n) is 2.09. The van der Waals surface area contributed by atoms with Crippen molar-refractivity contribution in [1.82, 2.24) is 29.5 Å². The Bertz CT molecular complexity index is 687. The van der Waals surface area contributed by atoms with Gasteiger partial charge in [-0.05, 0) is 13.3 Å². The second-order valence-electron chi connectivity index (χ2n) is 4.61. The van der Waals surface area contributed by atoms with Crippen LogP contribution in [0, 0.1) is 0 Å². The lowest BCUT2D eigenvalue weighted by Gasteiger charge is -2.09. The number of hydrogen-bond donors (Lipinski definition) is 3. The van der Waals surface area contributed by atoms with Gasteiger partial charge in [0.25, 0.3) is 0 Å². The zero-order valence-corrected chi connectivity index (χ0v) is 11.9. The van der Waals surface area contributed by atoms with E-state index in [1.165, 1.54) is 0 Å². The maximum atomic E-state index is 4.47. The van der Waals surface area contributed by atoms with E-state index in [9.17, 15) is 0 Å². The Morgan fingerprint density at radius 1 is 1.29 bits per heavy atom. The Hall–Kier alpha value is -2.64. The Labute approximate surface area is 122 Å². The van der Waals surface area contributed by atoms with Crippen LogP contribution >= 0.6 is 0 Å². The Morgan fingerprint density at radius 2 is 2.24 bits per heavy atom. The van der Waals surface area contributed by atoms with Gasteiger partial charge in [0.15, 0.2) is 11.5 Å². The highest BCUT2D eigenvalue weighted by atomic mass is 15.2. The fourth-order valence-corrected chi connectivity index (χ4v) is 2.09. The topological polar surface area (TPSA) is 96.3 Å². The van der Waals surface area contributed by atoms with E-state index in [-0.39, 0.29) is 0 Å². The number of hydrogen-bond acceptors (Lipinski definition) is 6. The number of aryl methyl sites for hydroxylation is 1. The SMILES string of the molecule is CCNc1nc(NCCCn2ccnc2)c2[nH]cnc2n1. The molecule has 0 spiro atoms. The molecule has 0 saturated carbocycles. The van der Waals surface area contributed by atoms with Gasteiger partial charge in [0, 0.05) is 32.0 Å². The zero-order chi connectivity index (χ0) is 14.5. The number of imidazole rings is 2. The summed E-state index contributed by atoms with van der Waals surface area (Å²) in [5, 5.41) is 6.45. The summed E-state index contributed by atoms with van der Waals surface area (Å²) >= 11 is 0. The molecule has 3 N–H and O–H groups in total. The van der Waals surface area contributed by atoms with Crippen LogP contribution in [-0.4, -0.2) is 42.6 Å². The average molecular weight is 286 g/mol. The largest absolute Gasteiger partial charge is 0.368 e. The van der Waals surface area contributed by atoms with E-state index in [0.29, 0.717) is 11.6 Å². The van der Waals surface area contributed by atoms with E-state index >= 15 is 0 Å². The number of fused-ring (bicyclic) bond motifs is 1. The van der Waals surface area contributed by atoms with Gasteiger partial charge >= 0.3 is 0 Å². The molecule has 110 valence electrons. The van der Waals surface area contributed by atoms with Gasteiger partial charge in [-0.1, -0.05) is 0 Å². The van der Waals surface area contributed by atoms with Gasteiger partial charge < -0.3 is 20.2 Å². The lowest BCUT2D eigenvalue weighted by molar-refractivity contribution is 0.660. The van der Waals surface area contributed by atoms with Crippen molar-refractivity contribution in [3.63, 3.8) is 0 Å². The molecule has 0 bridgehead atoms. The minimum absolute atomic E-state index is 0.592. The number of aromatic nitrogens is 6. The molecule has 0 amide bonds. The van der Waals surface area contributed by atoms with E-state index in [1.54, 1.807) is 12.5 Å². The van der Waals surface area contributed by atoms with Crippen molar-refractivity contribution in [2.24, 2.45) is 0 Å². The first-order valence-electron chi connectivity index (χ1n) is 7.01. The van der Waals surface area contributed by atoms with E-state index in [4.69, 9.17) is 0 Å². The molecule has 0 atom stereocenters. The lowest BCUT2D eigenvalue weighted by Crippen LogP contribution is -2.10. The fraction of sp³-hybridized carbons (Fsp3) is 0.385. The van der Waals surface area contributed by atoms with Crippen LogP contribution in [-0.2, 0) is 6.54 Å². The summed E-state index contributed by atoms with van der Waals surface area (Å²) in [7, 11) is 0. The van der Waals surface area contributed by atoms with Crippen molar-refractivity contribution in [2.75, 3.05) is 23.7 Å². The highest BCUT2D eigenvalue weighted by Crippen LogP contribution is 2.18. The molecule has 8 nitrogen and oxygen atoms in total. The molecule has 8 heteroatoms. The van der Waals surface area contributed by atoms with Crippen LogP contribution in [0.1, 0.15) is 13.3 Å². The molecule has 0 radical (unpaired) electrons. The molecule has 3 rings (SSSR count). The standard InChI is InChI=1S/C13H18N8/c1-2-15-13-19-11(10-12(20-13)18-8-17-10)16-4-3-6-21-7-5-14-9-21/h5,7-9H,2-4,6H2,1H3,(H3,15,16,17,18,19,20).